The Morgan fingerprint density at radius 1 is 0.645 bits per heavy atom. The molecule has 0 bridgehead atoms. The summed E-state index contributed by atoms with van der Waals surface area (Å²) >= 11 is 3.39. The maximum absolute atomic E-state index is 13.2. The Morgan fingerprint density at radius 3 is 1.47 bits per heavy atom. The summed E-state index contributed by atoms with van der Waals surface area (Å²) in [4.78, 5) is 99.1. The Hall–Kier alpha value is -8.01. The second-order valence-corrected chi connectivity index (χ2v) is 19.8. The second kappa shape index (κ2) is 27.0. The lowest BCUT2D eigenvalue weighted by molar-refractivity contribution is -0.192. The molecule has 21 nitrogen and oxygen atoms in total. The highest BCUT2D eigenvalue weighted by molar-refractivity contribution is 7.16. The highest BCUT2D eigenvalue weighted by Crippen LogP contribution is 2.31. The predicted molar refractivity (Wildman–Crippen MR) is 277 cm³/mol. The number of amides is 5. The summed E-state index contributed by atoms with van der Waals surface area (Å²) in [5, 5.41) is 38.3. The van der Waals surface area contributed by atoms with Crippen molar-refractivity contribution >= 4 is 103 Å². The average molecular weight is 1110 g/mol. The standard InChI is InChI=1S/C26H27N5O5S2.C21H25N5O4S.C2HF3O2/c1-14(2)16-10-21(24(33)27-11-15-6-4-7-18-17(15)12-29-31-18)38-22(16)25(34)30-19(26(35)36-3)13-28-23(32)20-8-5-9-37-20;1-11(2)13-7-17(31-18(13)20(28)25-16(8-22)21(29)30-3)19(27)23-9-12-5-4-6-15-14(12)10-24-26-15;3-2(4,5)1(6)7/h4-10,12,14,19H,11,13H2,1-3H3,(H,27,33)(H,28,32)(H,29,31)(H,30,34);4-7,10-11,16H,8-9,22H2,1-3H3,(H,23,27)(H,24,26)(H,25,28);(H,6,7)/t19-;16-;/m00./s1. The van der Waals surface area contributed by atoms with Gasteiger partial charge in [0, 0.05) is 37.0 Å². The first-order valence-corrected chi connectivity index (χ1v) is 25.3. The number of aromatic amines is 2. The number of benzene rings is 2. The molecule has 5 amide bonds. The molecule has 0 aliphatic heterocycles. The average Bonchev–Trinajstić information content (AvgIpc) is 4.26. The van der Waals surface area contributed by atoms with Crippen LogP contribution in [-0.4, -0.2) is 119 Å². The van der Waals surface area contributed by atoms with Crippen molar-refractivity contribution in [2.24, 2.45) is 5.73 Å². The number of methoxy groups -OCH3 is 2. The zero-order valence-corrected chi connectivity index (χ0v) is 44.0. The number of esters is 2. The Labute approximate surface area is 443 Å². The van der Waals surface area contributed by atoms with Crippen LogP contribution in [0.15, 0.2) is 78.4 Å². The van der Waals surface area contributed by atoms with E-state index in [0.717, 1.165) is 61.2 Å². The summed E-state index contributed by atoms with van der Waals surface area (Å²) in [6.07, 6.45) is -1.65. The van der Waals surface area contributed by atoms with Crippen LogP contribution in [0, 0.1) is 0 Å². The van der Waals surface area contributed by atoms with E-state index < -0.39 is 48.0 Å². The van der Waals surface area contributed by atoms with E-state index in [9.17, 15) is 46.7 Å². The van der Waals surface area contributed by atoms with E-state index in [2.05, 4.69) is 51.7 Å². The number of nitrogens with two attached hydrogens (primary N) is 1. The normalized spacial score (nSPS) is 11.8. The monoisotopic (exact) mass is 1110 g/mol. The number of thiophene rings is 3. The number of carboxylic acid groups (broad SMARTS) is 1. The van der Waals surface area contributed by atoms with Crippen LogP contribution in [0.25, 0.3) is 21.8 Å². The number of aromatic nitrogens is 4. The molecule has 7 rings (SSSR count). The van der Waals surface area contributed by atoms with Gasteiger partial charge in [0.25, 0.3) is 29.5 Å². The Kier molecular flexibility index (Phi) is 20.9. The summed E-state index contributed by atoms with van der Waals surface area (Å²) in [5.41, 5.74) is 10.6. The van der Waals surface area contributed by atoms with Gasteiger partial charge in [0.05, 0.1) is 62.0 Å². The van der Waals surface area contributed by atoms with Crippen molar-refractivity contribution in [1.82, 2.24) is 47.0 Å². The molecule has 27 heteroatoms. The Morgan fingerprint density at radius 2 is 1.08 bits per heavy atom. The lowest BCUT2D eigenvalue weighted by Crippen LogP contribution is -2.48. The Bertz CT molecular complexity index is 3180. The van der Waals surface area contributed by atoms with Gasteiger partial charge in [-0.05, 0) is 69.8 Å². The maximum Gasteiger partial charge on any atom is 0.490 e. The van der Waals surface area contributed by atoms with Crippen molar-refractivity contribution in [3.63, 3.8) is 0 Å². The molecule has 5 aromatic heterocycles. The Balaban J connectivity index is 0.000000253. The molecule has 76 heavy (non-hydrogen) atoms. The van der Waals surface area contributed by atoms with E-state index in [1.165, 1.54) is 25.6 Å². The number of carbonyl (C=O) groups is 8. The van der Waals surface area contributed by atoms with Crippen LogP contribution >= 0.6 is 34.0 Å². The van der Waals surface area contributed by atoms with E-state index in [1.54, 1.807) is 42.0 Å². The molecule has 0 radical (unpaired) electrons. The highest BCUT2D eigenvalue weighted by atomic mass is 32.1. The van der Waals surface area contributed by atoms with Crippen LogP contribution in [0.5, 0.6) is 0 Å². The molecule has 10 N–H and O–H groups in total. The number of H-pyrrole nitrogens is 2. The quantitative estimate of drug-likeness (QED) is 0.0447. The predicted octanol–water partition coefficient (Wildman–Crippen LogP) is 5.98. The SMILES string of the molecule is COC(=O)[C@H](CN)NC(=O)c1sc(C(=O)NCc2cccc3[nH]ncc23)cc1C(C)C.COC(=O)[C@H](CNC(=O)c1cccs1)NC(=O)c1sc(C(=O)NCc2cccc3[nH]ncc23)cc1C(C)C.O=C(O)C(F)(F)F. The number of rotatable bonds is 18. The minimum Gasteiger partial charge on any atom is -0.475 e. The number of nitrogens with zero attached hydrogens (tertiary/aromatic N) is 2. The number of halogens is 3. The fraction of sp³-hybridized carbons (Fsp3) is 0.306. The number of ether oxygens (including phenoxy) is 2. The van der Waals surface area contributed by atoms with Gasteiger partial charge in [-0.25, -0.2) is 14.4 Å². The van der Waals surface area contributed by atoms with Crippen LogP contribution in [0.4, 0.5) is 13.2 Å². The minimum absolute atomic E-state index is 0.00711. The van der Waals surface area contributed by atoms with Gasteiger partial charge in [0.2, 0.25) is 0 Å². The van der Waals surface area contributed by atoms with E-state index >= 15 is 0 Å². The third kappa shape index (κ3) is 15.5. The number of carbonyl (C=O) groups excluding carboxylic acids is 7. The van der Waals surface area contributed by atoms with E-state index in [4.69, 9.17) is 20.4 Å². The fourth-order valence-corrected chi connectivity index (χ4v) is 9.88. The lowest BCUT2D eigenvalue weighted by atomic mass is 10.0. The van der Waals surface area contributed by atoms with Gasteiger partial charge < -0.3 is 46.9 Å². The number of nitrogens with one attached hydrogen (secondary N) is 7. The van der Waals surface area contributed by atoms with E-state index in [-0.39, 0.29) is 42.6 Å². The first kappa shape index (κ1) is 58.9. The summed E-state index contributed by atoms with van der Waals surface area (Å²) in [5.74, 6) is -6.06. The molecule has 0 spiro atoms. The van der Waals surface area contributed by atoms with Crippen LogP contribution in [0.3, 0.4) is 0 Å². The third-order valence-corrected chi connectivity index (χ3v) is 14.1. The van der Waals surface area contributed by atoms with Gasteiger partial charge in [0.1, 0.15) is 12.1 Å². The topological polar surface area (TPSA) is 319 Å². The van der Waals surface area contributed by atoms with Crippen LogP contribution < -0.4 is 32.3 Å². The van der Waals surface area contributed by atoms with Gasteiger partial charge in [-0.15, -0.1) is 34.0 Å². The summed E-state index contributed by atoms with van der Waals surface area (Å²) in [7, 11) is 2.44. The third-order valence-electron chi connectivity index (χ3n) is 10.9. The molecule has 0 saturated heterocycles. The zero-order valence-electron chi connectivity index (χ0n) is 41.5. The molecule has 404 valence electrons. The van der Waals surface area contributed by atoms with E-state index in [1.807, 2.05) is 64.1 Å². The maximum atomic E-state index is 13.2. The molecule has 2 atom stereocenters. The smallest absolute Gasteiger partial charge is 0.475 e. The number of hydrogen-bond acceptors (Lipinski definition) is 16. The van der Waals surface area contributed by atoms with Crippen LogP contribution in [0.1, 0.15) is 110 Å². The highest BCUT2D eigenvalue weighted by Gasteiger charge is 2.38. The molecule has 0 aliphatic rings. The fourth-order valence-electron chi connectivity index (χ4n) is 6.97. The van der Waals surface area contributed by atoms with Gasteiger partial charge >= 0.3 is 24.1 Å². The zero-order chi connectivity index (χ0) is 55.9. The first-order valence-electron chi connectivity index (χ1n) is 22.8. The van der Waals surface area contributed by atoms with Crippen molar-refractivity contribution in [2.45, 2.75) is 70.9 Å². The van der Waals surface area contributed by atoms with E-state index in [0.29, 0.717) is 43.0 Å². The largest absolute Gasteiger partial charge is 0.490 e. The van der Waals surface area contributed by atoms with Crippen molar-refractivity contribution < 1.29 is 66.1 Å². The van der Waals surface area contributed by atoms with Crippen molar-refractivity contribution in [2.75, 3.05) is 27.3 Å². The van der Waals surface area contributed by atoms with Crippen LogP contribution in [-0.2, 0) is 36.9 Å². The number of carboxylic acids is 1. The summed E-state index contributed by atoms with van der Waals surface area (Å²) < 4.78 is 41.2. The number of fused-ring (bicyclic) bond motifs is 2. The van der Waals surface area contributed by atoms with Crippen molar-refractivity contribution in [3.8, 4) is 0 Å². The number of hydrogen-bond donors (Lipinski definition) is 9. The molecule has 2 aromatic carbocycles. The molecule has 0 aliphatic carbocycles. The summed E-state index contributed by atoms with van der Waals surface area (Å²) in [6.45, 7) is 8.07. The molecular weight excluding hydrogens is 1060 g/mol. The molecule has 0 unspecified atom stereocenters. The van der Waals surface area contributed by atoms with Crippen molar-refractivity contribution in [3.05, 3.63) is 125 Å². The molecular formula is C49H53F3N10O11S3. The van der Waals surface area contributed by atoms with Gasteiger partial charge in [0.15, 0.2) is 0 Å². The molecule has 0 fully saturated rings. The van der Waals surface area contributed by atoms with Crippen LogP contribution in [0.2, 0.25) is 0 Å². The first-order chi connectivity index (χ1) is 36.1. The second-order valence-electron chi connectivity index (χ2n) is 16.8. The lowest BCUT2D eigenvalue weighted by Gasteiger charge is -2.17. The van der Waals surface area contributed by atoms with Gasteiger partial charge in [-0.1, -0.05) is 58.0 Å². The number of aliphatic carboxylic acids is 1. The summed E-state index contributed by atoms with van der Waals surface area (Å²) in [6, 6.07) is 16.2. The molecule has 0 saturated carbocycles. The van der Waals surface area contributed by atoms with Gasteiger partial charge in [-0.3, -0.25) is 34.2 Å². The number of alkyl halides is 3. The van der Waals surface area contributed by atoms with Gasteiger partial charge in [-0.2, -0.15) is 23.4 Å². The van der Waals surface area contributed by atoms with Crippen molar-refractivity contribution in [1.29, 1.82) is 0 Å². The minimum atomic E-state index is -5.08. The molecule has 7 aromatic rings. The molecule has 5 heterocycles.